The molecule has 0 atom stereocenters. The molecule has 172 valence electrons. The molecule has 0 radical (unpaired) electrons. The number of anilines is 2. The van der Waals surface area contributed by atoms with E-state index >= 15 is 0 Å². The predicted octanol–water partition coefficient (Wildman–Crippen LogP) is 5.93. The smallest absolute Gasteiger partial charge is 0.230 e. The van der Waals surface area contributed by atoms with E-state index in [1.165, 1.54) is 19.6 Å². The van der Waals surface area contributed by atoms with Crippen LogP contribution in [0.2, 0.25) is 0 Å². The maximum absolute atomic E-state index is 13.1. The number of amides is 2. The standard InChI is InChI=1S/C27H25N3O3S/c1-17-9-11-19(12-10-17)26-23(30-27(34-26)20-7-5-4-6-8-20)16-25(32)29-22-15-21(28-18(2)31)13-14-24(22)33-3/h4-15H,16H2,1-3H3,(H,28,31)(H,29,32). The topological polar surface area (TPSA) is 80.3 Å². The van der Waals surface area contributed by atoms with Gasteiger partial charge in [0, 0.05) is 18.2 Å². The number of nitrogens with zero attached hydrogens (tertiary/aromatic N) is 1. The van der Waals surface area contributed by atoms with Crippen LogP contribution < -0.4 is 15.4 Å². The second-order valence-electron chi connectivity index (χ2n) is 7.85. The fourth-order valence-electron chi connectivity index (χ4n) is 3.54. The van der Waals surface area contributed by atoms with E-state index in [1.807, 2.05) is 37.3 Å². The van der Waals surface area contributed by atoms with Crippen LogP contribution in [-0.4, -0.2) is 23.9 Å². The van der Waals surface area contributed by atoms with Gasteiger partial charge in [-0.25, -0.2) is 4.98 Å². The normalized spacial score (nSPS) is 10.6. The van der Waals surface area contributed by atoms with E-state index < -0.39 is 0 Å². The summed E-state index contributed by atoms with van der Waals surface area (Å²) in [5.41, 5.74) is 4.97. The maximum Gasteiger partial charge on any atom is 0.230 e. The molecule has 0 aliphatic carbocycles. The zero-order valence-corrected chi connectivity index (χ0v) is 20.0. The Bertz CT molecular complexity index is 1310. The monoisotopic (exact) mass is 471 g/mol. The summed E-state index contributed by atoms with van der Waals surface area (Å²) in [5, 5.41) is 6.49. The van der Waals surface area contributed by atoms with Crippen LogP contribution in [0.15, 0.2) is 72.8 Å². The summed E-state index contributed by atoms with van der Waals surface area (Å²) < 4.78 is 5.38. The fraction of sp³-hybridized carbons (Fsp3) is 0.148. The van der Waals surface area contributed by atoms with E-state index in [-0.39, 0.29) is 18.2 Å². The van der Waals surface area contributed by atoms with Crippen LogP contribution in [0.1, 0.15) is 18.2 Å². The number of thiazole rings is 1. The summed E-state index contributed by atoms with van der Waals surface area (Å²) in [4.78, 5) is 30.3. The first kappa shape index (κ1) is 23.2. The van der Waals surface area contributed by atoms with Crippen molar-refractivity contribution in [1.29, 1.82) is 0 Å². The summed E-state index contributed by atoms with van der Waals surface area (Å²) in [6.45, 7) is 3.48. The van der Waals surface area contributed by atoms with E-state index in [1.54, 1.807) is 29.5 Å². The van der Waals surface area contributed by atoms with Crippen molar-refractivity contribution in [1.82, 2.24) is 4.98 Å². The van der Waals surface area contributed by atoms with Crippen LogP contribution in [0.5, 0.6) is 5.75 Å². The molecule has 2 N–H and O–H groups in total. The lowest BCUT2D eigenvalue weighted by Gasteiger charge is -2.12. The number of ether oxygens (including phenoxy) is 1. The molecule has 34 heavy (non-hydrogen) atoms. The lowest BCUT2D eigenvalue weighted by molar-refractivity contribution is -0.116. The Kier molecular flexibility index (Phi) is 7.04. The Morgan fingerprint density at radius 3 is 2.35 bits per heavy atom. The summed E-state index contributed by atoms with van der Waals surface area (Å²) >= 11 is 1.57. The first-order valence-corrected chi connectivity index (χ1v) is 11.6. The summed E-state index contributed by atoms with van der Waals surface area (Å²) in [7, 11) is 1.53. The summed E-state index contributed by atoms with van der Waals surface area (Å²) in [6, 6.07) is 23.3. The average molecular weight is 472 g/mol. The number of aromatic nitrogens is 1. The molecule has 6 nitrogen and oxygen atoms in total. The number of methoxy groups -OCH3 is 1. The van der Waals surface area contributed by atoms with E-state index in [0.29, 0.717) is 22.8 Å². The molecule has 0 aliphatic heterocycles. The van der Waals surface area contributed by atoms with Crippen LogP contribution in [0.4, 0.5) is 11.4 Å². The molecule has 1 heterocycles. The van der Waals surface area contributed by atoms with Crippen LogP contribution in [0, 0.1) is 6.92 Å². The summed E-state index contributed by atoms with van der Waals surface area (Å²) in [5.74, 6) is 0.0853. The van der Waals surface area contributed by atoms with Crippen molar-refractivity contribution in [2.75, 3.05) is 17.7 Å². The van der Waals surface area contributed by atoms with Gasteiger partial charge in [-0.15, -0.1) is 11.3 Å². The fourth-order valence-corrected chi connectivity index (χ4v) is 4.63. The summed E-state index contributed by atoms with van der Waals surface area (Å²) in [6.07, 6.45) is 0.0973. The van der Waals surface area contributed by atoms with Crippen LogP contribution in [0.25, 0.3) is 21.0 Å². The van der Waals surface area contributed by atoms with Crippen molar-refractivity contribution in [2.45, 2.75) is 20.3 Å². The highest BCUT2D eigenvalue weighted by molar-refractivity contribution is 7.18. The molecule has 0 aliphatic rings. The first-order valence-electron chi connectivity index (χ1n) is 10.8. The van der Waals surface area contributed by atoms with Crippen LogP contribution in [-0.2, 0) is 16.0 Å². The van der Waals surface area contributed by atoms with Gasteiger partial charge in [0.2, 0.25) is 11.8 Å². The Morgan fingerprint density at radius 1 is 0.941 bits per heavy atom. The maximum atomic E-state index is 13.1. The molecular weight excluding hydrogens is 446 g/mol. The molecule has 2 amide bonds. The Labute approximate surface area is 202 Å². The lowest BCUT2D eigenvalue weighted by Crippen LogP contribution is -2.16. The zero-order valence-electron chi connectivity index (χ0n) is 19.2. The van der Waals surface area contributed by atoms with Crippen molar-refractivity contribution < 1.29 is 14.3 Å². The number of hydrogen-bond donors (Lipinski definition) is 2. The number of carbonyl (C=O) groups is 2. The number of nitrogens with one attached hydrogen (secondary N) is 2. The van der Waals surface area contributed by atoms with Crippen molar-refractivity contribution >= 4 is 34.5 Å². The molecule has 0 spiro atoms. The van der Waals surface area contributed by atoms with Gasteiger partial charge in [0.25, 0.3) is 0 Å². The van der Waals surface area contributed by atoms with Gasteiger partial charge in [0.05, 0.1) is 29.8 Å². The molecular formula is C27H25N3O3S. The van der Waals surface area contributed by atoms with Gasteiger partial charge in [-0.1, -0.05) is 60.2 Å². The number of aryl methyl sites for hydroxylation is 1. The highest BCUT2D eigenvalue weighted by atomic mass is 32.1. The highest BCUT2D eigenvalue weighted by Crippen LogP contribution is 2.36. The van der Waals surface area contributed by atoms with E-state index in [2.05, 4.69) is 34.9 Å². The number of rotatable bonds is 7. The van der Waals surface area contributed by atoms with Crippen LogP contribution in [0.3, 0.4) is 0 Å². The molecule has 0 saturated heterocycles. The second-order valence-corrected chi connectivity index (χ2v) is 8.85. The molecule has 3 aromatic carbocycles. The van der Waals surface area contributed by atoms with Gasteiger partial charge in [0.15, 0.2) is 0 Å². The molecule has 0 fully saturated rings. The molecule has 0 unspecified atom stereocenters. The molecule has 4 aromatic rings. The van der Waals surface area contributed by atoms with Gasteiger partial charge in [-0.05, 0) is 30.7 Å². The van der Waals surface area contributed by atoms with E-state index in [9.17, 15) is 9.59 Å². The minimum atomic E-state index is -0.225. The predicted molar refractivity (Wildman–Crippen MR) is 137 cm³/mol. The minimum absolute atomic E-state index is 0.0973. The highest BCUT2D eigenvalue weighted by Gasteiger charge is 2.18. The van der Waals surface area contributed by atoms with Gasteiger partial charge < -0.3 is 15.4 Å². The Morgan fingerprint density at radius 2 is 1.68 bits per heavy atom. The third kappa shape index (κ3) is 5.50. The Hall–Kier alpha value is -3.97. The number of benzene rings is 3. The number of carbonyl (C=O) groups excluding carboxylic acids is 2. The molecule has 1 aromatic heterocycles. The van der Waals surface area contributed by atoms with Crippen molar-refractivity contribution in [3.05, 3.63) is 84.1 Å². The molecule has 7 heteroatoms. The first-order chi connectivity index (χ1) is 16.4. The lowest BCUT2D eigenvalue weighted by atomic mass is 10.1. The SMILES string of the molecule is COc1ccc(NC(C)=O)cc1NC(=O)Cc1nc(-c2ccccc2)sc1-c1ccc(C)cc1. The zero-order chi connectivity index (χ0) is 24.1. The quantitative estimate of drug-likeness (QED) is 0.350. The van der Waals surface area contributed by atoms with Crippen molar-refractivity contribution in [2.24, 2.45) is 0 Å². The third-order valence-corrected chi connectivity index (χ3v) is 6.35. The molecule has 0 bridgehead atoms. The molecule has 0 saturated carbocycles. The Balaban J connectivity index is 1.64. The van der Waals surface area contributed by atoms with Crippen LogP contribution >= 0.6 is 11.3 Å². The van der Waals surface area contributed by atoms with Crippen molar-refractivity contribution in [3.63, 3.8) is 0 Å². The minimum Gasteiger partial charge on any atom is -0.495 e. The van der Waals surface area contributed by atoms with E-state index in [0.717, 1.165) is 21.0 Å². The van der Waals surface area contributed by atoms with Gasteiger partial charge >= 0.3 is 0 Å². The average Bonchev–Trinajstić information content (AvgIpc) is 3.23. The second kappa shape index (κ2) is 10.3. The molecule has 4 rings (SSSR count). The van der Waals surface area contributed by atoms with Gasteiger partial charge in [-0.2, -0.15) is 0 Å². The van der Waals surface area contributed by atoms with E-state index in [4.69, 9.17) is 9.72 Å². The van der Waals surface area contributed by atoms with Gasteiger partial charge in [0.1, 0.15) is 10.8 Å². The third-order valence-electron chi connectivity index (χ3n) is 5.15. The largest absolute Gasteiger partial charge is 0.495 e. The van der Waals surface area contributed by atoms with Crippen molar-refractivity contribution in [3.8, 4) is 26.8 Å². The number of hydrogen-bond acceptors (Lipinski definition) is 5. The van der Waals surface area contributed by atoms with Gasteiger partial charge in [-0.3, -0.25) is 9.59 Å².